The van der Waals surface area contributed by atoms with E-state index in [0.29, 0.717) is 34.3 Å². The van der Waals surface area contributed by atoms with Crippen molar-refractivity contribution in [3.8, 4) is 11.5 Å². The van der Waals surface area contributed by atoms with Crippen LogP contribution in [0.5, 0.6) is 11.5 Å². The summed E-state index contributed by atoms with van der Waals surface area (Å²) in [4.78, 5) is 25.3. The lowest BCUT2D eigenvalue weighted by Crippen LogP contribution is -2.24. The van der Waals surface area contributed by atoms with E-state index in [4.69, 9.17) is 9.84 Å². The molecule has 29 heavy (non-hydrogen) atoms. The molecule has 1 aliphatic heterocycles. The fourth-order valence-electron chi connectivity index (χ4n) is 3.73. The van der Waals surface area contributed by atoms with Crippen LogP contribution in [0, 0.1) is 5.82 Å². The van der Waals surface area contributed by atoms with Gasteiger partial charge in [0.15, 0.2) is 0 Å². The van der Waals surface area contributed by atoms with Crippen LogP contribution >= 0.6 is 0 Å². The standard InChI is InChI=1S/C22H18FNO5/c1-2-29-21-14-6-4-3-5-13(14)20(27)15-11-24(22(28)19(15)21)17-8-7-12(9-16(17)23)10-18(25)26/h3-9,27H,2,10-11H2,1H3,(H,25,26). The number of rotatable bonds is 5. The molecule has 0 bridgehead atoms. The van der Waals surface area contributed by atoms with Crippen molar-refractivity contribution in [1.82, 2.24) is 0 Å². The minimum absolute atomic E-state index is 0.0138. The van der Waals surface area contributed by atoms with E-state index in [1.807, 2.05) is 0 Å². The maximum atomic E-state index is 14.7. The molecule has 148 valence electrons. The first-order chi connectivity index (χ1) is 13.9. The van der Waals surface area contributed by atoms with Gasteiger partial charge in [0.2, 0.25) is 0 Å². The van der Waals surface area contributed by atoms with Crippen LogP contribution in [0.15, 0.2) is 42.5 Å². The maximum absolute atomic E-state index is 14.7. The molecule has 0 unspecified atom stereocenters. The first-order valence-corrected chi connectivity index (χ1v) is 9.13. The Labute approximate surface area is 165 Å². The summed E-state index contributed by atoms with van der Waals surface area (Å²) in [6.45, 7) is 2.11. The van der Waals surface area contributed by atoms with Gasteiger partial charge in [-0.2, -0.15) is 0 Å². The first-order valence-electron chi connectivity index (χ1n) is 9.13. The van der Waals surface area contributed by atoms with Gasteiger partial charge in [0.05, 0.1) is 30.8 Å². The van der Waals surface area contributed by atoms with Gasteiger partial charge in [0.1, 0.15) is 17.3 Å². The van der Waals surface area contributed by atoms with E-state index in [0.717, 1.165) is 6.07 Å². The highest BCUT2D eigenvalue weighted by Gasteiger charge is 2.37. The lowest BCUT2D eigenvalue weighted by atomic mass is 9.99. The number of carboxylic acids is 1. The van der Waals surface area contributed by atoms with Crippen LogP contribution < -0.4 is 9.64 Å². The minimum Gasteiger partial charge on any atom is -0.507 e. The SMILES string of the molecule is CCOc1c2c(c(O)c3ccccc13)CN(c1ccc(CC(=O)O)cc1F)C2=O. The minimum atomic E-state index is -1.07. The maximum Gasteiger partial charge on any atom is 0.307 e. The summed E-state index contributed by atoms with van der Waals surface area (Å²) in [5.41, 5.74) is 0.918. The fourth-order valence-corrected chi connectivity index (χ4v) is 3.73. The average Bonchev–Trinajstić information content (AvgIpc) is 3.02. The van der Waals surface area contributed by atoms with Gasteiger partial charge in [-0.25, -0.2) is 4.39 Å². The van der Waals surface area contributed by atoms with Crippen molar-refractivity contribution in [3.05, 3.63) is 65.0 Å². The predicted octanol–water partition coefficient (Wildman–Crippen LogP) is 3.87. The molecule has 1 heterocycles. The van der Waals surface area contributed by atoms with Crippen molar-refractivity contribution in [2.24, 2.45) is 0 Å². The Kier molecular flexibility index (Phi) is 4.58. The number of aliphatic carboxylic acids is 1. The molecule has 4 rings (SSSR count). The molecule has 7 heteroatoms. The Hall–Kier alpha value is -3.61. The highest BCUT2D eigenvalue weighted by atomic mass is 19.1. The first kappa shape index (κ1) is 18.7. The van der Waals surface area contributed by atoms with Gasteiger partial charge < -0.3 is 19.8 Å². The van der Waals surface area contributed by atoms with Crippen molar-refractivity contribution in [2.45, 2.75) is 19.9 Å². The van der Waals surface area contributed by atoms with E-state index in [9.17, 15) is 19.1 Å². The number of aromatic hydroxyl groups is 1. The summed E-state index contributed by atoms with van der Waals surface area (Å²) in [6.07, 6.45) is -0.313. The van der Waals surface area contributed by atoms with Gasteiger partial charge in [-0.3, -0.25) is 9.59 Å². The number of phenols is 1. The third-order valence-corrected chi connectivity index (χ3v) is 4.96. The second-order valence-corrected chi connectivity index (χ2v) is 6.76. The molecule has 0 fully saturated rings. The molecule has 0 spiro atoms. The van der Waals surface area contributed by atoms with Crippen LogP contribution in [-0.4, -0.2) is 28.7 Å². The summed E-state index contributed by atoms with van der Waals surface area (Å²) >= 11 is 0. The zero-order valence-electron chi connectivity index (χ0n) is 15.6. The third-order valence-electron chi connectivity index (χ3n) is 4.96. The van der Waals surface area contributed by atoms with Gasteiger partial charge in [0.25, 0.3) is 5.91 Å². The van der Waals surface area contributed by atoms with Crippen molar-refractivity contribution < 1.29 is 28.9 Å². The number of nitrogens with zero attached hydrogens (tertiary/aromatic N) is 1. The second-order valence-electron chi connectivity index (χ2n) is 6.76. The van der Waals surface area contributed by atoms with Crippen molar-refractivity contribution in [3.63, 3.8) is 0 Å². The zero-order chi connectivity index (χ0) is 20.7. The molecule has 0 atom stereocenters. The monoisotopic (exact) mass is 395 g/mol. The number of halogens is 1. The lowest BCUT2D eigenvalue weighted by molar-refractivity contribution is -0.136. The Balaban J connectivity index is 1.83. The topological polar surface area (TPSA) is 87.1 Å². The fraction of sp³-hybridized carbons (Fsp3) is 0.182. The van der Waals surface area contributed by atoms with E-state index < -0.39 is 17.7 Å². The molecule has 3 aromatic rings. The zero-order valence-corrected chi connectivity index (χ0v) is 15.6. The molecule has 6 nitrogen and oxygen atoms in total. The van der Waals surface area contributed by atoms with E-state index in [1.165, 1.54) is 17.0 Å². The quantitative estimate of drug-likeness (QED) is 0.685. The number of amides is 1. The Morgan fingerprint density at radius 3 is 2.59 bits per heavy atom. The molecule has 0 saturated carbocycles. The molecule has 0 aliphatic carbocycles. The van der Waals surface area contributed by atoms with E-state index >= 15 is 0 Å². The number of carboxylic acid groups (broad SMARTS) is 1. The highest BCUT2D eigenvalue weighted by molar-refractivity contribution is 6.16. The normalized spacial score (nSPS) is 13.0. The molecule has 0 aromatic heterocycles. The van der Waals surface area contributed by atoms with Gasteiger partial charge in [0, 0.05) is 16.3 Å². The second kappa shape index (κ2) is 7.09. The van der Waals surface area contributed by atoms with Crippen molar-refractivity contribution in [1.29, 1.82) is 0 Å². The number of ether oxygens (including phenoxy) is 1. The average molecular weight is 395 g/mol. The van der Waals surface area contributed by atoms with Crippen LogP contribution in [0.1, 0.15) is 28.4 Å². The highest BCUT2D eigenvalue weighted by Crippen LogP contribution is 2.45. The predicted molar refractivity (Wildman–Crippen MR) is 105 cm³/mol. The van der Waals surface area contributed by atoms with Gasteiger partial charge in [-0.1, -0.05) is 30.3 Å². The summed E-state index contributed by atoms with van der Waals surface area (Å²) in [6, 6.07) is 11.0. The van der Waals surface area contributed by atoms with Crippen molar-refractivity contribution in [2.75, 3.05) is 11.5 Å². The van der Waals surface area contributed by atoms with Crippen LogP contribution in [0.25, 0.3) is 10.8 Å². The largest absolute Gasteiger partial charge is 0.507 e. The number of carbonyl (C=O) groups is 2. The van der Waals surface area contributed by atoms with Crippen LogP contribution in [0.4, 0.5) is 10.1 Å². The van der Waals surface area contributed by atoms with E-state index in [2.05, 4.69) is 0 Å². The van der Waals surface area contributed by atoms with Crippen LogP contribution in [0.3, 0.4) is 0 Å². The Bertz CT molecular complexity index is 1160. The van der Waals surface area contributed by atoms with Crippen LogP contribution in [-0.2, 0) is 17.8 Å². The van der Waals surface area contributed by atoms with E-state index in [1.54, 1.807) is 31.2 Å². The number of hydrogen-bond acceptors (Lipinski definition) is 4. The number of phenolic OH excluding ortho intramolecular Hbond substituents is 1. The molecular weight excluding hydrogens is 377 g/mol. The lowest BCUT2D eigenvalue weighted by Gasteiger charge is -2.17. The smallest absolute Gasteiger partial charge is 0.307 e. The number of hydrogen-bond donors (Lipinski definition) is 2. The molecule has 2 N–H and O–H groups in total. The molecular formula is C22H18FNO5. The summed E-state index contributed by atoms with van der Waals surface area (Å²) in [7, 11) is 0. The molecule has 1 amide bonds. The summed E-state index contributed by atoms with van der Waals surface area (Å²) < 4.78 is 20.4. The van der Waals surface area contributed by atoms with Crippen LogP contribution in [0.2, 0.25) is 0 Å². The Morgan fingerprint density at radius 1 is 1.21 bits per heavy atom. The number of fused-ring (bicyclic) bond motifs is 2. The summed E-state index contributed by atoms with van der Waals surface area (Å²) in [5, 5.41) is 20.8. The Morgan fingerprint density at radius 2 is 1.93 bits per heavy atom. The number of anilines is 1. The number of carbonyl (C=O) groups excluding carboxylic acids is 1. The third kappa shape index (κ3) is 3.04. The molecule has 1 aliphatic rings. The van der Waals surface area contributed by atoms with Gasteiger partial charge in [-0.15, -0.1) is 0 Å². The van der Waals surface area contributed by atoms with Gasteiger partial charge >= 0.3 is 5.97 Å². The summed E-state index contributed by atoms with van der Waals surface area (Å²) in [5.74, 6) is -1.91. The number of benzene rings is 3. The molecule has 0 radical (unpaired) electrons. The van der Waals surface area contributed by atoms with E-state index in [-0.39, 0.29) is 30.0 Å². The van der Waals surface area contributed by atoms with Gasteiger partial charge in [-0.05, 0) is 24.6 Å². The molecule has 3 aromatic carbocycles. The molecule has 0 saturated heterocycles. The van der Waals surface area contributed by atoms with Crippen molar-refractivity contribution >= 4 is 28.3 Å².